The molecule has 0 aromatic rings. The molecule has 4 nitrogen and oxygen atoms in total. The molecule has 1 unspecified atom stereocenters. The number of epoxide rings is 1. The van der Waals surface area contributed by atoms with E-state index in [-0.39, 0.29) is 11.9 Å². The molecule has 1 heterocycles. The van der Waals surface area contributed by atoms with E-state index >= 15 is 0 Å². The van der Waals surface area contributed by atoms with Crippen LogP contribution in [0.25, 0.3) is 0 Å². The van der Waals surface area contributed by atoms with Gasteiger partial charge in [-0.25, -0.2) is 13.1 Å². The van der Waals surface area contributed by atoms with Crippen LogP contribution in [-0.4, -0.2) is 41.5 Å². The number of nitrogens with one attached hydrogen (secondary N) is 1. The average molecular weight is 237 g/mol. The minimum Gasteiger partial charge on any atom is -0.372 e. The van der Waals surface area contributed by atoms with Crippen molar-refractivity contribution in [2.45, 2.75) is 31.8 Å². The van der Waals surface area contributed by atoms with Crippen LogP contribution in [0.2, 0.25) is 25.7 Å². The second kappa shape index (κ2) is 4.30. The van der Waals surface area contributed by atoms with Crippen LogP contribution >= 0.6 is 0 Å². The maximum atomic E-state index is 11.5. The summed E-state index contributed by atoms with van der Waals surface area (Å²) in [5.74, 6) is 0.259. The van der Waals surface area contributed by atoms with E-state index in [1.54, 1.807) is 0 Å². The molecule has 0 spiro atoms. The average Bonchev–Trinajstić information content (AvgIpc) is 2.79. The number of sulfonamides is 1. The molecule has 14 heavy (non-hydrogen) atoms. The Morgan fingerprint density at radius 2 is 2.00 bits per heavy atom. The molecule has 1 saturated heterocycles. The van der Waals surface area contributed by atoms with Gasteiger partial charge in [-0.2, -0.15) is 0 Å². The molecule has 1 aliphatic rings. The van der Waals surface area contributed by atoms with E-state index in [4.69, 9.17) is 4.74 Å². The molecule has 1 N–H and O–H groups in total. The zero-order chi connectivity index (χ0) is 10.8. The van der Waals surface area contributed by atoms with Crippen LogP contribution in [0.3, 0.4) is 0 Å². The minimum absolute atomic E-state index is 0.122. The predicted octanol–water partition coefficient (Wildman–Crippen LogP) is 0.643. The fourth-order valence-corrected chi connectivity index (χ4v) is 5.03. The Hall–Kier alpha value is 0.0869. The third kappa shape index (κ3) is 5.74. The van der Waals surface area contributed by atoms with E-state index in [1.807, 2.05) is 0 Å². The van der Waals surface area contributed by atoms with E-state index in [2.05, 4.69) is 24.4 Å². The van der Waals surface area contributed by atoms with Crippen LogP contribution in [-0.2, 0) is 14.8 Å². The third-order valence-electron chi connectivity index (χ3n) is 2.05. The van der Waals surface area contributed by atoms with Gasteiger partial charge < -0.3 is 4.74 Å². The zero-order valence-electron chi connectivity index (χ0n) is 9.04. The first-order valence-corrected chi connectivity index (χ1v) is 10.2. The number of ether oxygens (including phenoxy) is 1. The van der Waals surface area contributed by atoms with Crippen molar-refractivity contribution in [2.24, 2.45) is 0 Å². The van der Waals surface area contributed by atoms with Gasteiger partial charge in [0.15, 0.2) is 0 Å². The molecule has 6 heteroatoms. The summed E-state index contributed by atoms with van der Waals surface area (Å²) in [7, 11) is -4.32. The van der Waals surface area contributed by atoms with Gasteiger partial charge in [0, 0.05) is 14.6 Å². The van der Waals surface area contributed by atoms with Crippen molar-refractivity contribution in [3.8, 4) is 0 Å². The molecule has 0 aromatic heterocycles. The van der Waals surface area contributed by atoms with Crippen LogP contribution in [0.4, 0.5) is 0 Å². The molecule has 0 saturated carbocycles. The molecule has 1 aliphatic heterocycles. The third-order valence-corrected chi connectivity index (χ3v) is 5.51. The minimum atomic E-state index is -3.07. The van der Waals surface area contributed by atoms with E-state index in [0.717, 1.165) is 6.04 Å². The number of hydrogen-bond donors (Lipinski definition) is 1. The topological polar surface area (TPSA) is 58.7 Å². The summed E-state index contributed by atoms with van der Waals surface area (Å²) in [5, 5.41) is 0. The monoisotopic (exact) mass is 237 g/mol. The predicted molar refractivity (Wildman–Crippen MR) is 59.7 cm³/mol. The SMILES string of the molecule is C[Si](C)(C)CCS(=O)(=O)NCC1CO1. The first-order valence-electron chi connectivity index (χ1n) is 4.87. The van der Waals surface area contributed by atoms with Crippen LogP contribution in [0, 0.1) is 0 Å². The van der Waals surface area contributed by atoms with Crippen molar-refractivity contribution in [2.75, 3.05) is 18.9 Å². The highest BCUT2D eigenvalue weighted by molar-refractivity contribution is 7.89. The lowest BCUT2D eigenvalue weighted by atomic mass is 10.5. The van der Waals surface area contributed by atoms with Gasteiger partial charge in [0.25, 0.3) is 0 Å². The maximum Gasteiger partial charge on any atom is 0.211 e. The fourth-order valence-electron chi connectivity index (χ4n) is 0.919. The van der Waals surface area contributed by atoms with Crippen LogP contribution < -0.4 is 4.72 Å². The highest BCUT2D eigenvalue weighted by atomic mass is 32.2. The Bertz CT molecular complexity index is 279. The summed E-state index contributed by atoms with van der Waals surface area (Å²) in [6.07, 6.45) is 0.122. The fraction of sp³-hybridized carbons (Fsp3) is 1.00. The molecular weight excluding hydrogens is 218 g/mol. The molecule has 84 valence electrons. The Kier molecular flexibility index (Phi) is 3.73. The molecule has 1 atom stereocenters. The molecule has 0 radical (unpaired) electrons. The van der Waals surface area contributed by atoms with Gasteiger partial charge in [-0.05, 0) is 6.04 Å². The molecule has 1 fully saturated rings. The summed E-state index contributed by atoms with van der Waals surface area (Å²) in [5.41, 5.74) is 0. The van der Waals surface area contributed by atoms with E-state index < -0.39 is 18.1 Å². The van der Waals surface area contributed by atoms with Gasteiger partial charge in [-0.15, -0.1) is 0 Å². The zero-order valence-corrected chi connectivity index (χ0v) is 10.9. The van der Waals surface area contributed by atoms with Crippen molar-refractivity contribution in [1.29, 1.82) is 0 Å². The standard InChI is InChI=1S/C8H19NO3SSi/c1-14(2,3)5-4-13(10,11)9-6-8-7-12-8/h8-9H,4-7H2,1-3H3. The molecular formula is C8H19NO3SSi. The van der Waals surface area contributed by atoms with Crippen molar-refractivity contribution >= 4 is 18.1 Å². The summed E-state index contributed by atoms with van der Waals surface area (Å²) < 4.78 is 30.4. The van der Waals surface area contributed by atoms with Crippen molar-refractivity contribution in [3.63, 3.8) is 0 Å². The van der Waals surface area contributed by atoms with Crippen LogP contribution in [0.5, 0.6) is 0 Å². The van der Waals surface area contributed by atoms with Gasteiger partial charge >= 0.3 is 0 Å². The quantitative estimate of drug-likeness (QED) is 0.545. The summed E-state index contributed by atoms with van der Waals surface area (Å²) in [6, 6.07) is 0.813. The Morgan fingerprint density at radius 3 is 2.43 bits per heavy atom. The van der Waals surface area contributed by atoms with Gasteiger partial charge in [-0.1, -0.05) is 19.6 Å². The van der Waals surface area contributed by atoms with Gasteiger partial charge in [-0.3, -0.25) is 0 Å². The van der Waals surface area contributed by atoms with Crippen LogP contribution in [0.15, 0.2) is 0 Å². The molecule has 0 bridgehead atoms. The molecule has 0 amide bonds. The lowest BCUT2D eigenvalue weighted by molar-refractivity contribution is 0.406. The molecule has 0 aromatic carbocycles. The van der Waals surface area contributed by atoms with Crippen molar-refractivity contribution in [3.05, 3.63) is 0 Å². The van der Waals surface area contributed by atoms with Crippen LogP contribution in [0.1, 0.15) is 0 Å². The van der Waals surface area contributed by atoms with Gasteiger partial charge in [0.05, 0.1) is 18.5 Å². The first-order chi connectivity index (χ1) is 6.29. The lowest BCUT2D eigenvalue weighted by Crippen LogP contribution is -2.33. The second-order valence-corrected chi connectivity index (χ2v) is 12.5. The number of hydrogen-bond acceptors (Lipinski definition) is 3. The molecule has 0 aliphatic carbocycles. The van der Waals surface area contributed by atoms with Gasteiger partial charge in [0.1, 0.15) is 0 Å². The highest BCUT2D eigenvalue weighted by Crippen LogP contribution is 2.10. The van der Waals surface area contributed by atoms with Gasteiger partial charge in [0.2, 0.25) is 10.0 Å². The Morgan fingerprint density at radius 1 is 1.43 bits per heavy atom. The van der Waals surface area contributed by atoms with E-state index in [9.17, 15) is 8.42 Å². The second-order valence-electron chi connectivity index (χ2n) is 4.93. The summed E-state index contributed by atoms with van der Waals surface area (Å²) >= 11 is 0. The Labute approximate surface area is 87.1 Å². The van der Waals surface area contributed by atoms with E-state index in [0.29, 0.717) is 13.2 Å². The first kappa shape index (κ1) is 12.2. The van der Waals surface area contributed by atoms with Crippen molar-refractivity contribution < 1.29 is 13.2 Å². The smallest absolute Gasteiger partial charge is 0.211 e. The molecule has 1 rings (SSSR count). The maximum absolute atomic E-state index is 11.5. The normalized spacial score (nSPS) is 22.4. The summed E-state index contributed by atoms with van der Waals surface area (Å²) in [6.45, 7) is 7.65. The number of rotatable bonds is 6. The van der Waals surface area contributed by atoms with Crippen molar-refractivity contribution in [1.82, 2.24) is 4.72 Å². The Balaban J connectivity index is 2.25. The summed E-state index contributed by atoms with van der Waals surface area (Å²) in [4.78, 5) is 0. The largest absolute Gasteiger partial charge is 0.372 e. The van der Waals surface area contributed by atoms with E-state index in [1.165, 1.54) is 0 Å². The lowest BCUT2D eigenvalue weighted by Gasteiger charge is -2.15. The highest BCUT2D eigenvalue weighted by Gasteiger charge is 2.25.